The fourth-order valence-electron chi connectivity index (χ4n) is 3.32. The first-order valence-corrected chi connectivity index (χ1v) is 12.9. The summed E-state index contributed by atoms with van der Waals surface area (Å²) in [6.07, 6.45) is -12.3. The Balaban J connectivity index is 1.58. The van der Waals surface area contributed by atoms with Gasteiger partial charge in [0.05, 0.1) is 19.3 Å². The molecule has 8 N–H and O–H groups in total. The number of nitrogens with zero attached hydrogens (tertiary/aromatic N) is 1. The number of aromatic amines is 1. The Bertz CT molecular complexity index is 1090. The molecule has 1 aromatic rings. The average molecular weight is 550 g/mol. The Kier molecular flexibility index (Phi) is 8.84. The molecule has 4 unspecified atom stereocenters. The van der Waals surface area contributed by atoms with E-state index in [9.17, 15) is 48.9 Å². The summed E-state index contributed by atoms with van der Waals surface area (Å²) in [7, 11) is -10.9. The zero-order valence-corrected chi connectivity index (χ0v) is 19.3. The molecule has 2 fully saturated rings. The summed E-state index contributed by atoms with van der Waals surface area (Å²) in [6, 6.07) is 1.03. The lowest BCUT2D eigenvalue weighted by atomic mass is 10.00. The van der Waals surface area contributed by atoms with Gasteiger partial charge in [0, 0.05) is 18.7 Å². The second kappa shape index (κ2) is 11.0. The van der Waals surface area contributed by atoms with Crippen molar-refractivity contribution in [3.05, 3.63) is 33.1 Å². The molecule has 0 spiro atoms. The van der Waals surface area contributed by atoms with Gasteiger partial charge in [-0.25, -0.2) is 13.9 Å². The molecule has 1 aromatic heterocycles. The molecule has 3 rings (SSSR count). The largest absolute Gasteiger partial charge is 0.483 e. The zero-order chi connectivity index (χ0) is 26.1. The van der Waals surface area contributed by atoms with Crippen LogP contribution in [0, 0.1) is 0 Å². The number of aromatic nitrogens is 2. The quantitative estimate of drug-likeness (QED) is 0.137. The van der Waals surface area contributed by atoms with E-state index in [1.165, 1.54) is 0 Å². The molecule has 20 heteroatoms. The third kappa shape index (κ3) is 6.91. The van der Waals surface area contributed by atoms with Gasteiger partial charge in [-0.05, 0) is 0 Å². The van der Waals surface area contributed by atoms with Crippen molar-refractivity contribution in [3.8, 4) is 0 Å². The Labute approximate surface area is 195 Å². The van der Waals surface area contributed by atoms with E-state index in [4.69, 9.17) is 14.6 Å². The summed E-state index contributed by atoms with van der Waals surface area (Å²) < 4.78 is 48.5. The second-order valence-corrected chi connectivity index (χ2v) is 10.6. The maximum atomic E-state index is 12.1. The number of aliphatic hydroxyl groups is 5. The zero-order valence-electron chi connectivity index (χ0n) is 17.5. The Morgan fingerprint density at radius 3 is 2.34 bits per heavy atom. The highest BCUT2D eigenvalue weighted by Gasteiger charge is 2.48. The maximum Gasteiger partial charge on any atom is 0.483 e. The number of hydrogen-bond donors (Lipinski definition) is 8. The van der Waals surface area contributed by atoms with Gasteiger partial charge >= 0.3 is 21.3 Å². The minimum absolute atomic E-state index is 0.171. The first-order valence-electron chi connectivity index (χ1n) is 9.88. The molecule has 0 bridgehead atoms. The van der Waals surface area contributed by atoms with Crippen LogP contribution in [0.3, 0.4) is 0 Å². The standard InChI is InChI=1S/C15H24N2O16P2/c18-4-7-11(21)12(22)13(23)14(31-7)32-35(27,28)33-34(25,26)29-5-8-6(19)3-10(30-8)17-2-1-9(20)16-15(17)24/h1-2,6-8,10-14,18-19,21-23H,3-5H2,(H,25,26)(H,27,28)(H,16,20,24)/t6-,7+,8+,10?,11+,12-,13-,14?/m0/s1. The fourth-order valence-corrected chi connectivity index (χ4v) is 5.47. The predicted molar refractivity (Wildman–Crippen MR) is 107 cm³/mol. The topological polar surface area (TPSA) is 277 Å². The Hall–Kier alpha value is -1.34. The number of phosphoric ester groups is 2. The number of ether oxygens (including phenoxy) is 2. The third-order valence-corrected chi connectivity index (χ3v) is 7.66. The molecule has 200 valence electrons. The van der Waals surface area contributed by atoms with E-state index in [1.54, 1.807) is 0 Å². The average Bonchev–Trinajstić information content (AvgIpc) is 3.12. The molecule has 10 atom stereocenters. The van der Waals surface area contributed by atoms with Gasteiger partial charge in [-0.15, -0.1) is 0 Å². The van der Waals surface area contributed by atoms with Gasteiger partial charge in [0.1, 0.15) is 36.7 Å². The van der Waals surface area contributed by atoms with Gasteiger partial charge < -0.3 is 44.8 Å². The molecule has 0 aliphatic carbocycles. The van der Waals surface area contributed by atoms with Crippen molar-refractivity contribution >= 4 is 15.6 Å². The van der Waals surface area contributed by atoms with Crippen molar-refractivity contribution in [1.82, 2.24) is 9.55 Å². The molecular formula is C15H24N2O16P2. The van der Waals surface area contributed by atoms with Crippen molar-refractivity contribution in [1.29, 1.82) is 0 Å². The third-order valence-electron chi connectivity index (χ3n) is 5.06. The summed E-state index contributed by atoms with van der Waals surface area (Å²) in [5.74, 6) is 0. The van der Waals surface area contributed by atoms with Crippen LogP contribution in [-0.2, 0) is 32.0 Å². The van der Waals surface area contributed by atoms with Crippen molar-refractivity contribution in [3.63, 3.8) is 0 Å². The minimum atomic E-state index is -5.53. The molecule has 18 nitrogen and oxygen atoms in total. The summed E-state index contributed by atoms with van der Waals surface area (Å²) >= 11 is 0. The van der Waals surface area contributed by atoms with Crippen LogP contribution in [0.1, 0.15) is 12.6 Å². The first-order chi connectivity index (χ1) is 16.2. The molecule has 2 saturated heterocycles. The van der Waals surface area contributed by atoms with E-state index in [0.717, 1.165) is 16.8 Å². The van der Waals surface area contributed by atoms with Gasteiger partial charge in [-0.3, -0.25) is 23.4 Å². The Morgan fingerprint density at radius 2 is 1.71 bits per heavy atom. The van der Waals surface area contributed by atoms with E-state index in [0.29, 0.717) is 0 Å². The number of H-pyrrole nitrogens is 1. The van der Waals surface area contributed by atoms with Crippen LogP contribution < -0.4 is 11.2 Å². The highest BCUT2D eigenvalue weighted by Crippen LogP contribution is 2.61. The van der Waals surface area contributed by atoms with Gasteiger partial charge in [0.2, 0.25) is 0 Å². The molecule has 0 saturated carbocycles. The van der Waals surface area contributed by atoms with Crippen molar-refractivity contribution in [2.75, 3.05) is 13.2 Å². The molecule has 0 amide bonds. The Morgan fingerprint density at radius 1 is 1.03 bits per heavy atom. The lowest BCUT2D eigenvalue weighted by Crippen LogP contribution is -2.58. The fraction of sp³-hybridized carbons (Fsp3) is 0.733. The summed E-state index contributed by atoms with van der Waals surface area (Å²) in [4.78, 5) is 44.5. The van der Waals surface area contributed by atoms with Gasteiger partial charge in [-0.1, -0.05) is 0 Å². The monoisotopic (exact) mass is 550 g/mol. The molecule has 2 aliphatic heterocycles. The van der Waals surface area contributed by atoms with Crippen LogP contribution in [0.5, 0.6) is 0 Å². The van der Waals surface area contributed by atoms with Gasteiger partial charge in [0.25, 0.3) is 5.56 Å². The second-order valence-electron chi connectivity index (χ2n) is 7.57. The van der Waals surface area contributed by atoms with E-state index in [-0.39, 0.29) is 6.42 Å². The van der Waals surface area contributed by atoms with Crippen LogP contribution in [-0.4, -0.2) is 101 Å². The van der Waals surface area contributed by atoms with E-state index in [1.807, 2.05) is 4.98 Å². The molecular weight excluding hydrogens is 526 g/mol. The van der Waals surface area contributed by atoms with Crippen LogP contribution in [0.4, 0.5) is 0 Å². The highest BCUT2D eigenvalue weighted by atomic mass is 31.3. The highest BCUT2D eigenvalue weighted by molar-refractivity contribution is 7.61. The SMILES string of the molecule is O=c1ccn(C2C[C@H](O)[C@@H](COP(=O)(O)OP(=O)(O)OC3O[C@H](CO)[C@@H](O)[C@H](O)[C@@H]3O)O2)c(=O)[nH]1. The maximum absolute atomic E-state index is 12.1. The number of aliphatic hydroxyl groups excluding tert-OH is 5. The molecule has 0 radical (unpaired) electrons. The van der Waals surface area contributed by atoms with Gasteiger partial charge in [-0.2, -0.15) is 4.31 Å². The van der Waals surface area contributed by atoms with Crippen LogP contribution in [0.15, 0.2) is 21.9 Å². The van der Waals surface area contributed by atoms with Crippen LogP contribution in [0.2, 0.25) is 0 Å². The predicted octanol–water partition coefficient (Wildman–Crippen LogP) is -3.76. The lowest BCUT2D eigenvalue weighted by Gasteiger charge is -2.39. The van der Waals surface area contributed by atoms with E-state index < -0.39 is 89.2 Å². The minimum Gasteiger partial charge on any atom is -0.394 e. The molecule has 2 aliphatic rings. The number of phosphoric acid groups is 2. The van der Waals surface area contributed by atoms with Crippen LogP contribution in [0.25, 0.3) is 0 Å². The first kappa shape index (κ1) is 28.2. The summed E-state index contributed by atoms with van der Waals surface area (Å²) in [6.45, 7) is -1.73. The lowest BCUT2D eigenvalue weighted by molar-refractivity contribution is -0.280. The van der Waals surface area contributed by atoms with Crippen LogP contribution >= 0.6 is 15.6 Å². The normalized spacial score (nSPS) is 37.0. The van der Waals surface area contributed by atoms with Crippen molar-refractivity contribution < 1.29 is 67.3 Å². The number of rotatable bonds is 9. The smallest absolute Gasteiger partial charge is 0.394 e. The van der Waals surface area contributed by atoms with Gasteiger partial charge in [0.15, 0.2) is 6.29 Å². The van der Waals surface area contributed by atoms with E-state index >= 15 is 0 Å². The molecule has 35 heavy (non-hydrogen) atoms. The molecule has 3 heterocycles. The summed E-state index contributed by atoms with van der Waals surface area (Å²) in [5.41, 5.74) is -1.50. The number of nitrogens with one attached hydrogen (secondary N) is 1. The number of hydrogen-bond acceptors (Lipinski definition) is 14. The molecule has 0 aromatic carbocycles. The van der Waals surface area contributed by atoms with Crippen molar-refractivity contribution in [2.24, 2.45) is 0 Å². The summed E-state index contributed by atoms with van der Waals surface area (Å²) in [5, 5.41) is 48.4. The van der Waals surface area contributed by atoms with E-state index in [2.05, 4.69) is 13.4 Å². The van der Waals surface area contributed by atoms with Crippen molar-refractivity contribution in [2.45, 2.75) is 55.6 Å².